The predicted molar refractivity (Wildman–Crippen MR) is 90.1 cm³/mol. The van der Waals surface area contributed by atoms with Crippen LogP contribution in [0.2, 0.25) is 0 Å². The van der Waals surface area contributed by atoms with Crippen molar-refractivity contribution in [1.29, 1.82) is 0 Å². The Kier molecular flexibility index (Phi) is 7.02. The molecule has 0 aliphatic carbocycles. The standard InChI is InChI=1S/C16H26N2O4S/c1-6-17(7-2)16(19)12-18(8-3)23(20,21)14-9-10-15(22-5)13(4)11-14/h9-11H,6-8,12H2,1-5H3. The Morgan fingerprint density at radius 3 is 2.17 bits per heavy atom. The van der Waals surface area contributed by atoms with Gasteiger partial charge in [-0.15, -0.1) is 0 Å². The third-order valence-corrected chi connectivity index (χ3v) is 5.70. The number of rotatable bonds is 8. The smallest absolute Gasteiger partial charge is 0.243 e. The molecule has 0 aliphatic heterocycles. The van der Waals surface area contributed by atoms with Gasteiger partial charge >= 0.3 is 0 Å². The first-order valence-corrected chi connectivity index (χ1v) is 9.18. The highest BCUT2D eigenvalue weighted by Gasteiger charge is 2.27. The molecule has 0 saturated carbocycles. The van der Waals surface area contributed by atoms with Crippen LogP contribution in [0.15, 0.2) is 23.1 Å². The van der Waals surface area contributed by atoms with Gasteiger partial charge in [-0.25, -0.2) is 8.42 Å². The number of aryl methyl sites for hydroxylation is 1. The van der Waals surface area contributed by atoms with E-state index in [0.717, 1.165) is 5.56 Å². The molecule has 0 spiro atoms. The molecule has 0 bridgehead atoms. The van der Waals surface area contributed by atoms with Gasteiger partial charge in [0.2, 0.25) is 15.9 Å². The van der Waals surface area contributed by atoms with Crippen molar-refractivity contribution in [1.82, 2.24) is 9.21 Å². The molecule has 1 amide bonds. The summed E-state index contributed by atoms with van der Waals surface area (Å²) in [6.45, 7) is 8.48. The molecule has 0 aliphatic rings. The van der Waals surface area contributed by atoms with Crippen LogP contribution in [0.5, 0.6) is 5.75 Å². The fourth-order valence-electron chi connectivity index (χ4n) is 2.35. The van der Waals surface area contributed by atoms with Crippen molar-refractivity contribution in [3.8, 4) is 5.75 Å². The number of methoxy groups -OCH3 is 1. The van der Waals surface area contributed by atoms with Crippen molar-refractivity contribution in [2.24, 2.45) is 0 Å². The van der Waals surface area contributed by atoms with E-state index < -0.39 is 10.0 Å². The molecule has 1 aromatic carbocycles. The minimum atomic E-state index is -3.71. The van der Waals surface area contributed by atoms with Crippen LogP contribution in [0.25, 0.3) is 0 Å². The van der Waals surface area contributed by atoms with Crippen LogP contribution in [-0.2, 0) is 14.8 Å². The number of amides is 1. The van der Waals surface area contributed by atoms with E-state index in [9.17, 15) is 13.2 Å². The van der Waals surface area contributed by atoms with Gasteiger partial charge < -0.3 is 9.64 Å². The fraction of sp³-hybridized carbons (Fsp3) is 0.562. The van der Waals surface area contributed by atoms with E-state index in [0.29, 0.717) is 18.8 Å². The van der Waals surface area contributed by atoms with Crippen LogP contribution < -0.4 is 4.74 Å². The molecule has 1 aromatic rings. The molecule has 0 fully saturated rings. The van der Waals surface area contributed by atoms with Gasteiger partial charge in [-0.3, -0.25) is 4.79 Å². The highest BCUT2D eigenvalue weighted by molar-refractivity contribution is 7.89. The molecule has 0 atom stereocenters. The molecular weight excluding hydrogens is 316 g/mol. The van der Waals surface area contributed by atoms with Crippen LogP contribution in [0.1, 0.15) is 26.3 Å². The average Bonchev–Trinajstić information content (AvgIpc) is 2.53. The number of sulfonamides is 1. The summed E-state index contributed by atoms with van der Waals surface area (Å²) in [6.07, 6.45) is 0. The van der Waals surface area contributed by atoms with E-state index in [1.807, 2.05) is 13.8 Å². The molecule has 1 rings (SSSR count). The van der Waals surface area contributed by atoms with Crippen molar-refractivity contribution < 1.29 is 17.9 Å². The molecule has 0 heterocycles. The lowest BCUT2D eigenvalue weighted by Crippen LogP contribution is -2.42. The number of carbonyl (C=O) groups is 1. The third-order valence-electron chi connectivity index (χ3n) is 3.78. The van der Waals surface area contributed by atoms with Gasteiger partial charge in [0.05, 0.1) is 18.6 Å². The Labute approximate surface area is 139 Å². The third kappa shape index (κ3) is 4.45. The van der Waals surface area contributed by atoms with E-state index in [1.54, 1.807) is 30.9 Å². The van der Waals surface area contributed by atoms with Gasteiger partial charge in [0.15, 0.2) is 0 Å². The van der Waals surface area contributed by atoms with Crippen LogP contribution in [0.4, 0.5) is 0 Å². The van der Waals surface area contributed by atoms with Crippen molar-refractivity contribution in [3.05, 3.63) is 23.8 Å². The first-order chi connectivity index (χ1) is 10.8. The number of carbonyl (C=O) groups excluding carboxylic acids is 1. The molecule has 0 radical (unpaired) electrons. The minimum absolute atomic E-state index is 0.147. The monoisotopic (exact) mass is 342 g/mol. The van der Waals surface area contributed by atoms with E-state index >= 15 is 0 Å². The maximum atomic E-state index is 12.8. The van der Waals surface area contributed by atoms with Gasteiger partial charge in [-0.05, 0) is 44.5 Å². The fourth-order valence-corrected chi connectivity index (χ4v) is 3.84. The van der Waals surface area contributed by atoms with E-state index in [4.69, 9.17) is 4.74 Å². The summed E-state index contributed by atoms with van der Waals surface area (Å²) in [4.78, 5) is 14.0. The maximum Gasteiger partial charge on any atom is 0.243 e. The van der Waals surface area contributed by atoms with Gasteiger partial charge in [0.1, 0.15) is 5.75 Å². The van der Waals surface area contributed by atoms with Crippen molar-refractivity contribution in [2.75, 3.05) is 33.3 Å². The summed E-state index contributed by atoms with van der Waals surface area (Å²) < 4.78 is 31.9. The van der Waals surface area contributed by atoms with Crippen LogP contribution in [0, 0.1) is 6.92 Å². The molecule has 0 saturated heterocycles. The zero-order valence-electron chi connectivity index (χ0n) is 14.5. The lowest BCUT2D eigenvalue weighted by Gasteiger charge is -2.25. The van der Waals surface area contributed by atoms with Crippen molar-refractivity contribution >= 4 is 15.9 Å². The number of hydrogen-bond acceptors (Lipinski definition) is 4. The second-order valence-corrected chi connectivity index (χ2v) is 7.07. The van der Waals surface area contributed by atoms with Crippen LogP contribution >= 0.6 is 0 Å². The summed E-state index contributed by atoms with van der Waals surface area (Å²) in [6, 6.07) is 4.70. The summed E-state index contributed by atoms with van der Waals surface area (Å²) in [5.41, 5.74) is 0.736. The average molecular weight is 342 g/mol. The van der Waals surface area contributed by atoms with Crippen molar-refractivity contribution in [2.45, 2.75) is 32.6 Å². The molecule has 0 N–H and O–H groups in total. The van der Waals surface area contributed by atoms with E-state index in [2.05, 4.69) is 0 Å². The highest BCUT2D eigenvalue weighted by atomic mass is 32.2. The quantitative estimate of drug-likeness (QED) is 0.723. The molecule has 23 heavy (non-hydrogen) atoms. The molecule has 0 unspecified atom stereocenters. The van der Waals surface area contributed by atoms with Crippen LogP contribution in [0.3, 0.4) is 0 Å². The Hall–Kier alpha value is -1.60. The van der Waals surface area contributed by atoms with Crippen LogP contribution in [-0.4, -0.2) is 56.8 Å². The Morgan fingerprint density at radius 1 is 1.13 bits per heavy atom. The zero-order valence-corrected chi connectivity index (χ0v) is 15.3. The van der Waals surface area contributed by atoms with Gasteiger partial charge in [0.25, 0.3) is 0 Å². The van der Waals surface area contributed by atoms with E-state index in [-0.39, 0.29) is 23.9 Å². The van der Waals surface area contributed by atoms with Gasteiger partial charge in [-0.2, -0.15) is 4.31 Å². The number of ether oxygens (including phenoxy) is 1. The highest BCUT2D eigenvalue weighted by Crippen LogP contribution is 2.23. The summed E-state index contributed by atoms with van der Waals surface area (Å²) in [7, 11) is -2.17. The second-order valence-electron chi connectivity index (χ2n) is 5.13. The molecule has 0 aromatic heterocycles. The summed E-state index contributed by atoms with van der Waals surface area (Å²) in [5, 5.41) is 0. The summed E-state index contributed by atoms with van der Waals surface area (Å²) in [5.74, 6) is 0.442. The number of hydrogen-bond donors (Lipinski definition) is 0. The number of likely N-dealkylation sites (N-methyl/N-ethyl adjacent to an activating group) is 2. The SMILES string of the molecule is CCN(CC)C(=O)CN(CC)S(=O)(=O)c1ccc(OC)c(C)c1. The largest absolute Gasteiger partial charge is 0.496 e. The molecule has 7 heteroatoms. The number of nitrogens with zero attached hydrogens (tertiary/aromatic N) is 2. The lowest BCUT2D eigenvalue weighted by molar-refractivity contribution is -0.131. The molecule has 130 valence electrons. The van der Waals surface area contributed by atoms with Gasteiger partial charge in [-0.1, -0.05) is 6.92 Å². The predicted octanol–water partition coefficient (Wildman–Crippen LogP) is 1.88. The first kappa shape index (κ1) is 19.4. The van der Waals surface area contributed by atoms with Crippen molar-refractivity contribution in [3.63, 3.8) is 0 Å². The lowest BCUT2D eigenvalue weighted by atomic mass is 10.2. The maximum absolute atomic E-state index is 12.8. The molecular formula is C16H26N2O4S. The Bertz CT molecular complexity index is 639. The minimum Gasteiger partial charge on any atom is -0.496 e. The second kappa shape index (κ2) is 8.31. The van der Waals surface area contributed by atoms with E-state index in [1.165, 1.54) is 17.5 Å². The van der Waals surface area contributed by atoms with Gasteiger partial charge in [0, 0.05) is 19.6 Å². The first-order valence-electron chi connectivity index (χ1n) is 7.74. The topological polar surface area (TPSA) is 66.9 Å². The zero-order chi connectivity index (χ0) is 17.6. The Balaban J connectivity index is 3.08. The Morgan fingerprint density at radius 2 is 1.74 bits per heavy atom. The number of benzene rings is 1. The normalized spacial score (nSPS) is 11.6. The molecule has 6 nitrogen and oxygen atoms in total. The summed E-state index contributed by atoms with van der Waals surface area (Å²) >= 11 is 0.